The lowest BCUT2D eigenvalue weighted by Crippen LogP contribution is -2.33. The van der Waals surface area contributed by atoms with Crippen molar-refractivity contribution < 1.29 is 9.32 Å². The molecule has 0 spiro atoms. The maximum Gasteiger partial charge on any atom is 0.274 e. The fourth-order valence-electron chi connectivity index (χ4n) is 3.32. The zero-order valence-electron chi connectivity index (χ0n) is 17.2. The Balaban J connectivity index is 1.50. The van der Waals surface area contributed by atoms with Gasteiger partial charge < -0.3 is 14.0 Å². The molecule has 6 heteroatoms. The van der Waals surface area contributed by atoms with E-state index in [9.17, 15) is 4.79 Å². The Labute approximate surface area is 175 Å². The molecule has 0 saturated carbocycles. The highest BCUT2D eigenvalue weighted by molar-refractivity contribution is 5.76. The van der Waals surface area contributed by atoms with Crippen LogP contribution in [-0.4, -0.2) is 32.1 Å². The SMILES string of the molecule is CCN(Cc1ccccc1)C(=O)Cn1cccc1-c1nc(-c2ccc(C)cc2)no1. The van der Waals surface area contributed by atoms with Crippen LogP contribution in [0.1, 0.15) is 18.1 Å². The minimum atomic E-state index is 0.0390. The van der Waals surface area contributed by atoms with Crippen molar-refractivity contribution in [1.29, 1.82) is 0 Å². The predicted molar refractivity (Wildman–Crippen MR) is 115 cm³/mol. The third-order valence-electron chi connectivity index (χ3n) is 5.04. The van der Waals surface area contributed by atoms with Gasteiger partial charge in [-0.15, -0.1) is 0 Å². The van der Waals surface area contributed by atoms with Gasteiger partial charge in [0, 0.05) is 24.8 Å². The number of rotatable bonds is 7. The predicted octanol–water partition coefficient (Wildman–Crippen LogP) is 4.56. The molecule has 0 aliphatic rings. The maximum atomic E-state index is 12.9. The molecule has 0 fully saturated rings. The van der Waals surface area contributed by atoms with E-state index in [0.717, 1.165) is 16.8 Å². The Morgan fingerprint density at radius 2 is 1.80 bits per heavy atom. The van der Waals surface area contributed by atoms with Gasteiger partial charge in [-0.1, -0.05) is 65.3 Å². The van der Waals surface area contributed by atoms with E-state index in [2.05, 4.69) is 10.1 Å². The van der Waals surface area contributed by atoms with Crippen LogP contribution < -0.4 is 0 Å². The zero-order chi connectivity index (χ0) is 20.9. The number of hydrogen-bond acceptors (Lipinski definition) is 4. The summed E-state index contributed by atoms with van der Waals surface area (Å²) in [6.45, 7) is 5.47. The van der Waals surface area contributed by atoms with Gasteiger partial charge in [-0.3, -0.25) is 4.79 Å². The highest BCUT2D eigenvalue weighted by Gasteiger charge is 2.18. The van der Waals surface area contributed by atoms with Gasteiger partial charge in [0.1, 0.15) is 12.2 Å². The van der Waals surface area contributed by atoms with E-state index < -0.39 is 0 Å². The molecule has 0 radical (unpaired) electrons. The molecule has 0 bridgehead atoms. The number of aryl methyl sites for hydroxylation is 1. The summed E-state index contributed by atoms with van der Waals surface area (Å²) in [5, 5.41) is 4.10. The Bertz CT molecular complexity index is 1110. The van der Waals surface area contributed by atoms with Gasteiger partial charge in [0.15, 0.2) is 0 Å². The third-order valence-corrected chi connectivity index (χ3v) is 5.04. The van der Waals surface area contributed by atoms with E-state index >= 15 is 0 Å². The quantitative estimate of drug-likeness (QED) is 0.456. The summed E-state index contributed by atoms with van der Waals surface area (Å²) in [6.07, 6.45) is 1.86. The second kappa shape index (κ2) is 8.78. The first-order chi connectivity index (χ1) is 14.6. The molecule has 152 valence electrons. The van der Waals surface area contributed by atoms with Gasteiger partial charge in [0.05, 0.1) is 0 Å². The van der Waals surface area contributed by atoms with Gasteiger partial charge in [-0.05, 0) is 31.5 Å². The molecule has 0 atom stereocenters. The molecule has 0 saturated heterocycles. The number of hydrogen-bond donors (Lipinski definition) is 0. The molecule has 2 aromatic carbocycles. The Morgan fingerprint density at radius 3 is 2.53 bits per heavy atom. The molecule has 4 aromatic rings. The van der Waals surface area contributed by atoms with Gasteiger partial charge in [-0.2, -0.15) is 4.98 Å². The summed E-state index contributed by atoms with van der Waals surface area (Å²) in [5.41, 5.74) is 3.90. The number of amides is 1. The molecular weight excluding hydrogens is 376 g/mol. The van der Waals surface area contributed by atoms with Crippen molar-refractivity contribution in [3.8, 4) is 23.0 Å². The van der Waals surface area contributed by atoms with E-state index in [-0.39, 0.29) is 12.5 Å². The Hall–Kier alpha value is -3.67. The largest absolute Gasteiger partial charge is 0.337 e. The molecule has 4 rings (SSSR count). The van der Waals surface area contributed by atoms with Crippen LogP contribution in [0.2, 0.25) is 0 Å². The summed E-state index contributed by atoms with van der Waals surface area (Å²) in [6, 6.07) is 21.7. The van der Waals surface area contributed by atoms with Crippen LogP contribution in [0.3, 0.4) is 0 Å². The fraction of sp³-hybridized carbons (Fsp3) is 0.208. The van der Waals surface area contributed by atoms with Gasteiger partial charge in [0.2, 0.25) is 11.7 Å². The summed E-state index contributed by atoms with van der Waals surface area (Å²) in [4.78, 5) is 19.3. The lowest BCUT2D eigenvalue weighted by atomic mass is 10.1. The van der Waals surface area contributed by atoms with Crippen LogP contribution in [0.5, 0.6) is 0 Å². The van der Waals surface area contributed by atoms with Crippen molar-refractivity contribution in [3.63, 3.8) is 0 Å². The third kappa shape index (κ3) is 4.33. The second-order valence-corrected chi connectivity index (χ2v) is 7.20. The molecular formula is C24H24N4O2. The fourth-order valence-corrected chi connectivity index (χ4v) is 3.32. The maximum absolute atomic E-state index is 12.9. The topological polar surface area (TPSA) is 64.2 Å². The number of nitrogens with zero attached hydrogens (tertiary/aromatic N) is 4. The molecule has 0 N–H and O–H groups in total. The molecule has 6 nitrogen and oxygen atoms in total. The molecule has 30 heavy (non-hydrogen) atoms. The Morgan fingerprint density at radius 1 is 1.03 bits per heavy atom. The number of carbonyl (C=O) groups excluding carboxylic acids is 1. The van der Waals surface area contributed by atoms with Gasteiger partial charge >= 0.3 is 0 Å². The van der Waals surface area contributed by atoms with Crippen LogP contribution in [0.25, 0.3) is 23.0 Å². The normalized spacial score (nSPS) is 10.9. The summed E-state index contributed by atoms with van der Waals surface area (Å²) >= 11 is 0. The van der Waals surface area contributed by atoms with Crippen molar-refractivity contribution in [2.45, 2.75) is 26.9 Å². The second-order valence-electron chi connectivity index (χ2n) is 7.20. The number of likely N-dealkylation sites (N-methyl/N-ethyl adjacent to an activating group) is 1. The van der Waals surface area contributed by atoms with Crippen LogP contribution in [0.4, 0.5) is 0 Å². The summed E-state index contributed by atoms with van der Waals surface area (Å²) < 4.78 is 7.34. The van der Waals surface area contributed by atoms with Crippen molar-refractivity contribution in [1.82, 2.24) is 19.6 Å². The van der Waals surface area contributed by atoms with Crippen molar-refractivity contribution >= 4 is 5.91 Å². The van der Waals surface area contributed by atoms with Crippen LogP contribution in [-0.2, 0) is 17.9 Å². The summed E-state index contributed by atoms with van der Waals surface area (Å²) in [5.74, 6) is 0.967. The van der Waals surface area contributed by atoms with Crippen LogP contribution in [0.15, 0.2) is 77.4 Å². The minimum Gasteiger partial charge on any atom is -0.337 e. The van der Waals surface area contributed by atoms with E-state index in [1.807, 2.05) is 96.2 Å². The van der Waals surface area contributed by atoms with Crippen LogP contribution >= 0.6 is 0 Å². The van der Waals surface area contributed by atoms with Gasteiger partial charge in [0.25, 0.3) is 5.89 Å². The van der Waals surface area contributed by atoms with Crippen molar-refractivity contribution in [2.75, 3.05) is 6.54 Å². The number of carbonyl (C=O) groups is 1. The first-order valence-corrected chi connectivity index (χ1v) is 10.0. The minimum absolute atomic E-state index is 0.0390. The lowest BCUT2D eigenvalue weighted by molar-refractivity contribution is -0.132. The highest BCUT2D eigenvalue weighted by Crippen LogP contribution is 2.23. The highest BCUT2D eigenvalue weighted by atomic mass is 16.5. The van der Waals surface area contributed by atoms with E-state index in [4.69, 9.17) is 4.52 Å². The average Bonchev–Trinajstić information content (AvgIpc) is 3.42. The first-order valence-electron chi connectivity index (χ1n) is 10.0. The van der Waals surface area contributed by atoms with Crippen molar-refractivity contribution in [2.24, 2.45) is 0 Å². The van der Waals surface area contributed by atoms with Crippen LogP contribution in [0, 0.1) is 6.92 Å². The molecule has 0 unspecified atom stereocenters. The molecule has 0 aliphatic heterocycles. The molecule has 1 amide bonds. The average molecular weight is 400 g/mol. The number of aromatic nitrogens is 3. The molecule has 2 heterocycles. The van der Waals surface area contributed by atoms with E-state index in [0.29, 0.717) is 24.8 Å². The van der Waals surface area contributed by atoms with Gasteiger partial charge in [-0.25, -0.2) is 0 Å². The first kappa shape index (κ1) is 19.6. The lowest BCUT2D eigenvalue weighted by Gasteiger charge is -2.21. The molecule has 2 aromatic heterocycles. The van der Waals surface area contributed by atoms with E-state index in [1.165, 1.54) is 5.56 Å². The molecule has 0 aliphatic carbocycles. The van der Waals surface area contributed by atoms with Crippen molar-refractivity contribution in [3.05, 3.63) is 84.1 Å². The summed E-state index contributed by atoms with van der Waals surface area (Å²) in [7, 11) is 0. The monoisotopic (exact) mass is 400 g/mol. The number of benzene rings is 2. The smallest absolute Gasteiger partial charge is 0.274 e. The zero-order valence-corrected chi connectivity index (χ0v) is 17.2. The van der Waals surface area contributed by atoms with E-state index in [1.54, 1.807) is 0 Å². The standard InChI is InChI=1S/C24H24N4O2/c1-3-27(16-19-8-5-4-6-9-19)22(29)17-28-15-7-10-21(28)24-25-23(26-30-24)20-13-11-18(2)12-14-20/h4-15H,3,16-17H2,1-2H3. The Kier molecular flexibility index (Phi) is 5.75.